The smallest absolute Gasteiger partial charge is 0.0952 e. The summed E-state index contributed by atoms with van der Waals surface area (Å²) in [5, 5.41) is 3.42. The normalized spacial score (nSPS) is 10.5. The Kier molecular flexibility index (Phi) is 3.47. The molecule has 0 aliphatic rings. The van der Waals surface area contributed by atoms with E-state index in [1.807, 2.05) is 13.3 Å². The number of benzene rings is 1. The molecule has 0 amide bonds. The summed E-state index contributed by atoms with van der Waals surface area (Å²) < 4.78 is 2.18. The molecule has 0 fully saturated rings. The summed E-state index contributed by atoms with van der Waals surface area (Å²) in [5.74, 6) is 0. The lowest BCUT2D eigenvalue weighted by atomic mass is 10.2. The zero-order chi connectivity index (χ0) is 12.3. The highest BCUT2D eigenvalue weighted by atomic mass is 15.1. The lowest BCUT2D eigenvalue weighted by Gasteiger charge is -2.09. The second kappa shape index (κ2) is 5.04. The number of hydrogen-bond acceptors (Lipinski definition) is 2. The van der Waals surface area contributed by atoms with Crippen LogP contribution in [0.3, 0.4) is 0 Å². The van der Waals surface area contributed by atoms with E-state index in [0.717, 1.165) is 18.8 Å². The molecule has 2 rings (SSSR count). The van der Waals surface area contributed by atoms with E-state index in [1.54, 1.807) is 0 Å². The summed E-state index contributed by atoms with van der Waals surface area (Å²) in [6, 6.07) is 8.43. The lowest BCUT2D eigenvalue weighted by molar-refractivity contribution is 0.705. The van der Waals surface area contributed by atoms with Gasteiger partial charge in [-0.1, -0.05) is 12.1 Å². The Bertz CT molecular complexity index is 500. The maximum absolute atomic E-state index is 4.29. The minimum absolute atomic E-state index is 0.917. The SMILES string of the molecule is Cc1cccc(NCCn2cnc(C)c2C)c1. The van der Waals surface area contributed by atoms with Gasteiger partial charge in [0, 0.05) is 24.5 Å². The van der Waals surface area contributed by atoms with E-state index in [9.17, 15) is 0 Å². The zero-order valence-electron chi connectivity index (χ0n) is 10.7. The van der Waals surface area contributed by atoms with Gasteiger partial charge in [0.05, 0.1) is 12.0 Å². The van der Waals surface area contributed by atoms with Gasteiger partial charge in [-0.3, -0.25) is 0 Å². The zero-order valence-corrected chi connectivity index (χ0v) is 10.7. The Hall–Kier alpha value is -1.77. The minimum atomic E-state index is 0.917. The molecule has 0 bridgehead atoms. The highest BCUT2D eigenvalue weighted by Crippen LogP contribution is 2.09. The molecule has 1 aromatic carbocycles. The minimum Gasteiger partial charge on any atom is -0.383 e. The van der Waals surface area contributed by atoms with Gasteiger partial charge in [0.2, 0.25) is 0 Å². The van der Waals surface area contributed by atoms with Crippen LogP contribution in [0.2, 0.25) is 0 Å². The molecule has 0 atom stereocenters. The Balaban J connectivity index is 1.90. The van der Waals surface area contributed by atoms with Crippen molar-refractivity contribution in [2.75, 3.05) is 11.9 Å². The van der Waals surface area contributed by atoms with Crippen molar-refractivity contribution in [3.63, 3.8) is 0 Å². The van der Waals surface area contributed by atoms with Crippen LogP contribution >= 0.6 is 0 Å². The highest BCUT2D eigenvalue weighted by Gasteiger charge is 2.00. The van der Waals surface area contributed by atoms with Crippen LogP contribution in [0, 0.1) is 20.8 Å². The predicted molar refractivity (Wildman–Crippen MR) is 71.4 cm³/mol. The van der Waals surface area contributed by atoms with Gasteiger partial charge in [0.15, 0.2) is 0 Å². The molecule has 0 unspecified atom stereocenters. The fraction of sp³-hybridized carbons (Fsp3) is 0.357. The highest BCUT2D eigenvalue weighted by molar-refractivity contribution is 5.45. The van der Waals surface area contributed by atoms with Gasteiger partial charge in [-0.25, -0.2) is 4.98 Å². The number of aromatic nitrogens is 2. The number of aryl methyl sites for hydroxylation is 2. The van der Waals surface area contributed by atoms with Gasteiger partial charge in [-0.2, -0.15) is 0 Å². The summed E-state index contributed by atoms with van der Waals surface area (Å²) in [6.07, 6.45) is 1.91. The van der Waals surface area contributed by atoms with Crippen LogP contribution in [0.15, 0.2) is 30.6 Å². The average molecular weight is 229 g/mol. The van der Waals surface area contributed by atoms with Crippen LogP contribution in [-0.4, -0.2) is 16.1 Å². The van der Waals surface area contributed by atoms with Crippen molar-refractivity contribution in [3.8, 4) is 0 Å². The summed E-state index contributed by atoms with van der Waals surface area (Å²) in [7, 11) is 0. The molecular formula is C14H19N3. The first kappa shape index (κ1) is 11.7. The summed E-state index contributed by atoms with van der Waals surface area (Å²) in [4.78, 5) is 4.29. The van der Waals surface area contributed by atoms with Crippen molar-refractivity contribution in [2.24, 2.45) is 0 Å². The fourth-order valence-electron chi connectivity index (χ4n) is 1.85. The molecule has 0 radical (unpaired) electrons. The molecular weight excluding hydrogens is 210 g/mol. The largest absolute Gasteiger partial charge is 0.383 e. The van der Waals surface area contributed by atoms with E-state index in [0.29, 0.717) is 0 Å². The monoisotopic (exact) mass is 229 g/mol. The number of nitrogens with one attached hydrogen (secondary N) is 1. The third kappa shape index (κ3) is 2.87. The van der Waals surface area contributed by atoms with Gasteiger partial charge < -0.3 is 9.88 Å². The first-order valence-electron chi connectivity index (χ1n) is 5.95. The fourth-order valence-corrected chi connectivity index (χ4v) is 1.85. The lowest BCUT2D eigenvalue weighted by Crippen LogP contribution is -2.11. The van der Waals surface area contributed by atoms with Crippen LogP contribution in [0.5, 0.6) is 0 Å². The van der Waals surface area contributed by atoms with E-state index in [-0.39, 0.29) is 0 Å². The van der Waals surface area contributed by atoms with E-state index in [4.69, 9.17) is 0 Å². The first-order chi connectivity index (χ1) is 8.16. The van der Waals surface area contributed by atoms with Gasteiger partial charge in [0.1, 0.15) is 0 Å². The summed E-state index contributed by atoms with van der Waals surface area (Å²) >= 11 is 0. The molecule has 0 aliphatic heterocycles. The van der Waals surface area contributed by atoms with E-state index in [1.165, 1.54) is 16.9 Å². The molecule has 90 valence electrons. The molecule has 1 heterocycles. The van der Waals surface area contributed by atoms with Gasteiger partial charge in [0.25, 0.3) is 0 Å². The maximum atomic E-state index is 4.29. The van der Waals surface area contributed by atoms with Crippen molar-refractivity contribution < 1.29 is 0 Å². The van der Waals surface area contributed by atoms with Crippen molar-refractivity contribution in [2.45, 2.75) is 27.3 Å². The number of hydrogen-bond donors (Lipinski definition) is 1. The number of anilines is 1. The van der Waals surface area contributed by atoms with Crippen LogP contribution in [0.1, 0.15) is 17.0 Å². The second-order valence-electron chi connectivity index (χ2n) is 4.41. The van der Waals surface area contributed by atoms with Crippen LogP contribution in [0.4, 0.5) is 5.69 Å². The van der Waals surface area contributed by atoms with Crippen LogP contribution < -0.4 is 5.32 Å². The molecule has 17 heavy (non-hydrogen) atoms. The number of imidazole rings is 1. The summed E-state index contributed by atoms with van der Waals surface area (Å²) in [5.41, 5.74) is 4.82. The Labute approximate surface area is 103 Å². The summed E-state index contributed by atoms with van der Waals surface area (Å²) in [6.45, 7) is 8.12. The van der Waals surface area contributed by atoms with Crippen molar-refractivity contribution in [1.29, 1.82) is 0 Å². The van der Waals surface area contributed by atoms with Crippen molar-refractivity contribution >= 4 is 5.69 Å². The predicted octanol–water partition coefficient (Wildman–Crippen LogP) is 2.92. The van der Waals surface area contributed by atoms with Gasteiger partial charge in [-0.15, -0.1) is 0 Å². The van der Waals surface area contributed by atoms with Gasteiger partial charge >= 0.3 is 0 Å². The van der Waals surface area contributed by atoms with Crippen molar-refractivity contribution in [1.82, 2.24) is 9.55 Å². The topological polar surface area (TPSA) is 29.9 Å². The molecule has 1 aromatic heterocycles. The number of rotatable bonds is 4. The molecule has 3 nitrogen and oxygen atoms in total. The first-order valence-corrected chi connectivity index (χ1v) is 5.95. The molecule has 1 N–H and O–H groups in total. The molecule has 3 heteroatoms. The average Bonchev–Trinajstić information content (AvgIpc) is 2.61. The third-order valence-corrected chi connectivity index (χ3v) is 3.05. The Morgan fingerprint density at radius 3 is 2.71 bits per heavy atom. The van der Waals surface area contributed by atoms with E-state index < -0.39 is 0 Å². The quantitative estimate of drug-likeness (QED) is 0.873. The van der Waals surface area contributed by atoms with Crippen LogP contribution in [-0.2, 0) is 6.54 Å². The Morgan fingerprint density at radius 2 is 2.06 bits per heavy atom. The van der Waals surface area contributed by atoms with E-state index >= 15 is 0 Å². The molecule has 0 saturated heterocycles. The second-order valence-corrected chi connectivity index (χ2v) is 4.41. The van der Waals surface area contributed by atoms with Gasteiger partial charge in [-0.05, 0) is 38.5 Å². The molecule has 0 aliphatic carbocycles. The number of nitrogens with zero attached hydrogens (tertiary/aromatic N) is 2. The third-order valence-electron chi connectivity index (χ3n) is 3.05. The van der Waals surface area contributed by atoms with E-state index in [2.05, 4.69) is 53.0 Å². The molecule has 0 saturated carbocycles. The van der Waals surface area contributed by atoms with Crippen molar-refractivity contribution in [3.05, 3.63) is 47.5 Å². The Morgan fingerprint density at radius 1 is 1.24 bits per heavy atom. The molecule has 0 spiro atoms. The molecule has 2 aromatic rings. The maximum Gasteiger partial charge on any atom is 0.0952 e. The van der Waals surface area contributed by atoms with Crippen LogP contribution in [0.25, 0.3) is 0 Å². The standard InChI is InChI=1S/C14H19N3/c1-11-5-4-6-14(9-11)15-7-8-17-10-16-12(2)13(17)3/h4-6,9-10,15H,7-8H2,1-3H3.